The number of thioether (sulfide) groups is 1. The Labute approximate surface area is 103 Å². The summed E-state index contributed by atoms with van der Waals surface area (Å²) in [5.41, 5.74) is 1.01. The average Bonchev–Trinajstić information content (AvgIpc) is 2.34. The molecule has 0 aromatic heterocycles. The van der Waals surface area contributed by atoms with Gasteiger partial charge >= 0.3 is 0 Å². The summed E-state index contributed by atoms with van der Waals surface area (Å²) in [6, 6.07) is 9.87. The Kier molecular flexibility index (Phi) is 6.53. The van der Waals surface area contributed by atoms with Gasteiger partial charge in [-0.3, -0.25) is 0 Å². The monoisotopic (exact) mass is 239 g/mol. The molecule has 1 N–H and O–H groups in total. The quantitative estimate of drug-likeness (QED) is 0.790. The second-order valence-corrected chi connectivity index (χ2v) is 5.00. The average molecular weight is 239 g/mol. The Morgan fingerprint density at radius 1 is 1.25 bits per heavy atom. The highest BCUT2D eigenvalue weighted by atomic mass is 32.2. The Hall–Kier alpha value is -0.510. The van der Waals surface area contributed by atoms with Crippen molar-refractivity contribution in [2.24, 2.45) is 0 Å². The second kappa shape index (κ2) is 7.71. The fourth-order valence-corrected chi connectivity index (χ4v) is 2.04. The third-order valence-corrected chi connectivity index (χ3v) is 3.24. The highest BCUT2D eigenvalue weighted by Crippen LogP contribution is 2.15. The summed E-state index contributed by atoms with van der Waals surface area (Å²) in [6.45, 7) is 2.03. The molecule has 0 spiro atoms. The van der Waals surface area contributed by atoms with Gasteiger partial charge in [-0.25, -0.2) is 0 Å². The summed E-state index contributed by atoms with van der Waals surface area (Å²) in [6.07, 6.45) is 2.58. The van der Waals surface area contributed by atoms with Gasteiger partial charge in [0.05, 0.1) is 6.10 Å². The maximum atomic E-state index is 9.96. The van der Waals surface area contributed by atoms with Gasteiger partial charge in [-0.1, -0.05) is 30.3 Å². The Morgan fingerprint density at radius 3 is 2.56 bits per heavy atom. The van der Waals surface area contributed by atoms with Crippen molar-refractivity contribution in [3.63, 3.8) is 0 Å². The predicted octanol–water partition coefficient (Wildman–Crippen LogP) is 2.40. The van der Waals surface area contributed by atoms with Crippen molar-refractivity contribution in [3.05, 3.63) is 35.9 Å². The molecule has 1 atom stereocenters. The van der Waals surface area contributed by atoms with Gasteiger partial charge in [0.1, 0.15) is 0 Å². The van der Waals surface area contributed by atoms with Crippen molar-refractivity contribution in [2.75, 3.05) is 32.1 Å². The normalized spacial score (nSPS) is 13.0. The summed E-state index contributed by atoms with van der Waals surface area (Å²) >= 11 is 1.86. The minimum atomic E-state index is -0.335. The van der Waals surface area contributed by atoms with E-state index in [2.05, 4.69) is 18.2 Å². The van der Waals surface area contributed by atoms with E-state index in [9.17, 15) is 5.11 Å². The van der Waals surface area contributed by atoms with Crippen LogP contribution in [0.4, 0.5) is 0 Å². The van der Waals surface area contributed by atoms with Crippen molar-refractivity contribution in [1.29, 1.82) is 0 Å². The molecular weight excluding hydrogens is 218 g/mol. The Morgan fingerprint density at radius 2 is 1.94 bits per heavy atom. The van der Waals surface area contributed by atoms with E-state index in [1.165, 1.54) is 0 Å². The van der Waals surface area contributed by atoms with E-state index in [-0.39, 0.29) is 6.10 Å². The lowest BCUT2D eigenvalue weighted by atomic mass is 10.1. The van der Waals surface area contributed by atoms with Crippen LogP contribution >= 0.6 is 11.8 Å². The molecule has 0 aliphatic heterocycles. The summed E-state index contributed by atoms with van der Waals surface area (Å²) < 4.78 is 0. The standard InChI is InChI=1S/C13H21NOS/c1-14(10-11-16-2)9-8-13(15)12-6-4-3-5-7-12/h3-7,13,15H,8-11H2,1-2H3. The number of hydrogen-bond donors (Lipinski definition) is 1. The van der Waals surface area contributed by atoms with Crippen LogP contribution in [-0.2, 0) is 0 Å². The van der Waals surface area contributed by atoms with Crippen LogP contribution in [0.1, 0.15) is 18.1 Å². The molecule has 0 radical (unpaired) electrons. The molecule has 90 valence electrons. The largest absolute Gasteiger partial charge is 0.388 e. The summed E-state index contributed by atoms with van der Waals surface area (Å²) in [7, 11) is 2.11. The number of aliphatic hydroxyl groups is 1. The topological polar surface area (TPSA) is 23.5 Å². The zero-order valence-electron chi connectivity index (χ0n) is 10.1. The van der Waals surface area contributed by atoms with Crippen LogP contribution < -0.4 is 0 Å². The first-order valence-corrected chi connectivity index (χ1v) is 7.04. The first-order chi connectivity index (χ1) is 7.74. The number of rotatable bonds is 7. The molecule has 0 amide bonds. The molecule has 0 aliphatic rings. The second-order valence-electron chi connectivity index (χ2n) is 4.01. The number of hydrogen-bond acceptors (Lipinski definition) is 3. The van der Waals surface area contributed by atoms with Gasteiger partial charge in [0, 0.05) is 18.8 Å². The van der Waals surface area contributed by atoms with Gasteiger partial charge in [0.15, 0.2) is 0 Å². The first kappa shape index (κ1) is 13.6. The van der Waals surface area contributed by atoms with Gasteiger partial charge in [0.25, 0.3) is 0 Å². The third-order valence-electron chi connectivity index (χ3n) is 2.65. The van der Waals surface area contributed by atoms with Crippen molar-refractivity contribution in [2.45, 2.75) is 12.5 Å². The van der Waals surface area contributed by atoms with Gasteiger partial charge in [-0.15, -0.1) is 0 Å². The van der Waals surface area contributed by atoms with Crippen molar-refractivity contribution < 1.29 is 5.11 Å². The number of aliphatic hydroxyl groups excluding tert-OH is 1. The van der Waals surface area contributed by atoms with E-state index in [4.69, 9.17) is 0 Å². The molecule has 0 aliphatic carbocycles. The van der Waals surface area contributed by atoms with Crippen LogP contribution in [0.25, 0.3) is 0 Å². The van der Waals surface area contributed by atoms with Crippen LogP contribution in [0.3, 0.4) is 0 Å². The van der Waals surface area contributed by atoms with Crippen LogP contribution in [0.5, 0.6) is 0 Å². The fourth-order valence-electron chi connectivity index (χ4n) is 1.54. The molecule has 1 aromatic carbocycles. The van der Waals surface area contributed by atoms with Gasteiger partial charge < -0.3 is 10.0 Å². The molecule has 0 saturated carbocycles. The van der Waals surface area contributed by atoms with E-state index >= 15 is 0 Å². The zero-order chi connectivity index (χ0) is 11.8. The smallest absolute Gasteiger partial charge is 0.0802 e. The lowest BCUT2D eigenvalue weighted by Crippen LogP contribution is -2.23. The Balaban J connectivity index is 2.27. The van der Waals surface area contributed by atoms with Gasteiger partial charge in [-0.2, -0.15) is 11.8 Å². The van der Waals surface area contributed by atoms with Crippen molar-refractivity contribution in [1.82, 2.24) is 4.90 Å². The molecule has 0 bridgehead atoms. The van der Waals surface area contributed by atoms with E-state index in [1.807, 2.05) is 42.1 Å². The maximum absolute atomic E-state index is 9.96. The van der Waals surface area contributed by atoms with Crippen molar-refractivity contribution >= 4 is 11.8 Å². The molecule has 0 heterocycles. The zero-order valence-corrected chi connectivity index (χ0v) is 10.9. The highest BCUT2D eigenvalue weighted by Gasteiger charge is 2.07. The lowest BCUT2D eigenvalue weighted by molar-refractivity contribution is 0.150. The first-order valence-electron chi connectivity index (χ1n) is 5.64. The Bertz CT molecular complexity index is 279. The fraction of sp³-hybridized carbons (Fsp3) is 0.538. The predicted molar refractivity (Wildman–Crippen MR) is 71.9 cm³/mol. The van der Waals surface area contributed by atoms with E-state index in [1.54, 1.807) is 0 Å². The van der Waals surface area contributed by atoms with Gasteiger partial charge in [0.2, 0.25) is 0 Å². The minimum absolute atomic E-state index is 0.335. The number of nitrogens with zero attached hydrogens (tertiary/aromatic N) is 1. The molecule has 0 saturated heterocycles. The maximum Gasteiger partial charge on any atom is 0.0802 e. The molecule has 16 heavy (non-hydrogen) atoms. The lowest BCUT2D eigenvalue weighted by Gasteiger charge is -2.18. The van der Waals surface area contributed by atoms with E-state index in [0.29, 0.717) is 0 Å². The highest BCUT2D eigenvalue weighted by molar-refractivity contribution is 7.98. The van der Waals surface area contributed by atoms with Gasteiger partial charge in [-0.05, 0) is 25.3 Å². The van der Waals surface area contributed by atoms with Crippen LogP contribution in [0.2, 0.25) is 0 Å². The van der Waals surface area contributed by atoms with Crippen LogP contribution in [0, 0.1) is 0 Å². The van der Waals surface area contributed by atoms with E-state index in [0.717, 1.165) is 30.8 Å². The minimum Gasteiger partial charge on any atom is -0.388 e. The summed E-state index contributed by atoms with van der Waals surface area (Å²) in [5, 5.41) is 9.96. The summed E-state index contributed by atoms with van der Waals surface area (Å²) in [5.74, 6) is 1.15. The molecular formula is C13H21NOS. The molecule has 1 aromatic rings. The van der Waals surface area contributed by atoms with Crippen molar-refractivity contribution in [3.8, 4) is 0 Å². The molecule has 3 heteroatoms. The molecule has 1 rings (SSSR count). The molecule has 1 unspecified atom stereocenters. The molecule has 0 fully saturated rings. The van der Waals surface area contributed by atoms with Crippen LogP contribution in [0.15, 0.2) is 30.3 Å². The SMILES string of the molecule is CSCCN(C)CCC(O)c1ccccc1. The summed E-state index contributed by atoms with van der Waals surface area (Å²) in [4.78, 5) is 2.27. The van der Waals surface area contributed by atoms with Crippen LogP contribution in [-0.4, -0.2) is 42.2 Å². The van der Waals surface area contributed by atoms with E-state index < -0.39 is 0 Å². The number of benzene rings is 1. The molecule has 2 nitrogen and oxygen atoms in total. The third kappa shape index (κ3) is 5.01.